The van der Waals surface area contributed by atoms with E-state index >= 15 is 0 Å². The van der Waals surface area contributed by atoms with Gasteiger partial charge in [-0.1, -0.05) is 18.2 Å². The first-order valence-corrected chi connectivity index (χ1v) is 10.9. The summed E-state index contributed by atoms with van der Waals surface area (Å²) in [6.45, 7) is 9.87. The fourth-order valence-corrected chi connectivity index (χ4v) is 4.10. The van der Waals surface area contributed by atoms with Gasteiger partial charge in [-0.2, -0.15) is 0 Å². The van der Waals surface area contributed by atoms with Crippen molar-refractivity contribution in [2.45, 2.75) is 44.7 Å². The van der Waals surface area contributed by atoms with Crippen molar-refractivity contribution in [3.05, 3.63) is 60.2 Å². The van der Waals surface area contributed by atoms with Crippen molar-refractivity contribution in [1.82, 2.24) is 10.2 Å². The largest absolute Gasteiger partial charge is 0.351 e. The third-order valence-electron chi connectivity index (χ3n) is 4.43. The molecule has 0 unspecified atom stereocenters. The van der Waals surface area contributed by atoms with Crippen molar-refractivity contribution < 1.29 is 13.2 Å². The van der Waals surface area contributed by atoms with E-state index in [-0.39, 0.29) is 10.8 Å². The van der Waals surface area contributed by atoms with Crippen molar-refractivity contribution in [3.8, 4) is 0 Å². The second-order valence-corrected chi connectivity index (χ2v) is 8.86. The highest BCUT2D eigenvalue weighted by Crippen LogP contribution is 2.16. The SMILES string of the molecule is CC(C)N(CCNC(=O)c1ccc(NS(=O)(=O)c2ccccc2)cc1)C(C)C. The van der Waals surface area contributed by atoms with Gasteiger partial charge in [-0.3, -0.25) is 14.4 Å². The third-order valence-corrected chi connectivity index (χ3v) is 5.83. The molecule has 2 aromatic carbocycles. The van der Waals surface area contributed by atoms with Crippen LogP contribution in [0.5, 0.6) is 0 Å². The Hall–Kier alpha value is -2.38. The predicted molar refractivity (Wildman–Crippen MR) is 113 cm³/mol. The summed E-state index contributed by atoms with van der Waals surface area (Å²) in [7, 11) is -3.64. The topological polar surface area (TPSA) is 78.5 Å². The van der Waals surface area contributed by atoms with Gasteiger partial charge >= 0.3 is 0 Å². The molecule has 2 N–H and O–H groups in total. The number of nitrogens with zero attached hydrogens (tertiary/aromatic N) is 1. The summed E-state index contributed by atoms with van der Waals surface area (Å²) in [5.41, 5.74) is 0.898. The second kappa shape index (κ2) is 9.71. The van der Waals surface area contributed by atoms with E-state index < -0.39 is 10.0 Å². The minimum Gasteiger partial charge on any atom is -0.351 e. The summed E-state index contributed by atoms with van der Waals surface area (Å²) in [4.78, 5) is 14.8. The Morgan fingerprint density at radius 3 is 2.04 bits per heavy atom. The van der Waals surface area contributed by atoms with Gasteiger partial charge < -0.3 is 5.32 Å². The molecule has 152 valence electrons. The highest BCUT2D eigenvalue weighted by atomic mass is 32.2. The summed E-state index contributed by atoms with van der Waals surface area (Å²) in [5.74, 6) is -0.176. The number of benzene rings is 2. The van der Waals surface area contributed by atoms with Crippen LogP contribution in [0.2, 0.25) is 0 Å². The number of carbonyl (C=O) groups is 1. The number of nitrogens with one attached hydrogen (secondary N) is 2. The third kappa shape index (κ3) is 6.07. The molecule has 0 saturated carbocycles. The highest BCUT2D eigenvalue weighted by Gasteiger charge is 2.15. The molecule has 0 radical (unpaired) electrons. The predicted octanol–water partition coefficient (Wildman–Crippen LogP) is 3.34. The van der Waals surface area contributed by atoms with Gasteiger partial charge in [0.15, 0.2) is 0 Å². The first-order valence-electron chi connectivity index (χ1n) is 9.42. The Morgan fingerprint density at radius 2 is 1.50 bits per heavy atom. The Labute approximate surface area is 168 Å². The lowest BCUT2D eigenvalue weighted by molar-refractivity contribution is 0.0939. The van der Waals surface area contributed by atoms with Gasteiger partial charge in [0.05, 0.1) is 4.90 Å². The van der Waals surface area contributed by atoms with E-state index in [1.807, 2.05) is 0 Å². The van der Waals surface area contributed by atoms with Crippen molar-refractivity contribution in [2.75, 3.05) is 17.8 Å². The van der Waals surface area contributed by atoms with Crippen LogP contribution in [-0.4, -0.2) is 44.4 Å². The minimum atomic E-state index is -3.64. The molecular weight excluding hydrogens is 374 g/mol. The molecular formula is C21H29N3O3S. The molecule has 28 heavy (non-hydrogen) atoms. The standard InChI is InChI=1S/C21H29N3O3S/c1-16(2)24(17(3)4)15-14-22-21(25)18-10-12-19(13-11-18)23-28(26,27)20-8-6-5-7-9-20/h5-13,16-17,23H,14-15H2,1-4H3,(H,22,25). The maximum atomic E-state index is 12.3. The number of amides is 1. The van der Waals surface area contributed by atoms with Gasteiger partial charge in [-0.05, 0) is 64.1 Å². The molecule has 6 nitrogen and oxygen atoms in total. The van der Waals surface area contributed by atoms with E-state index in [0.717, 1.165) is 6.54 Å². The summed E-state index contributed by atoms with van der Waals surface area (Å²) >= 11 is 0. The van der Waals surface area contributed by atoms with Crippen molar-refractivity contribution in [1.29, 1.82) is 0 Å². The van der Waals surface area contributed by atoms with Crippen molar-refractivity contribution >= 4 is 21.6 Å². The molecule has 1 amide bonds. The molecule has 0 heterocycles. The number of carbonyl (C=O) groups excluding carboxylic acids is 1. The maximum absolute atomic E-state index is 12.3. The lowest BCUT2D eigenvalue weighted by atomic mass is 10.2. The number of hydrogen-bond donors (Lipinski definition) is 2. The Bertz CT molecular complexity index is 856. The van der Waals surface area contributed by atoms with Crippen molar-refractivity contribution in [3.63, 3.8) is 0 Å². The van der Waals surface area contributed by atoms with Crippen LogP contribution < -0.4 is 10.0 Å². The van der Waals surface area contributed by atoms with Crippen LogP contribution in [0.15, 0.2) is 59.5 Å². The second-order valence-electron chi connectivity index (χ2n) is 7.18. The summed E-state index contributed by atoms with van der Waals surface area (Å²) in [6, 6.07) is 15.4. The smallest absolute Gasteiger partial charge is 0.261 e. The Balaban J connectivity index is 1.94. The molecule has 0 spiro atoms. The zero-order chi connectivity index (χ0) is 20.7. The molecule has 0 saturated heterocycles. The maximum Gasteiger partial charge on any atom is 0.261 e. The number of hydrogen-bond acceptors (Lipinski definition) is 4. The molecule has 7 heteroatoms. The molecule has 0 aliphatic carbocycles. The summed E-state index contributed by atoms with van der Waals surface area (Å²) in [5, 5.41) is 2.91. The van der Waals surface area contributed by atoms with Gasteiger partial charge in [-0.15, -0.1) is 0 Å². The van der Waals surface area contributed by atoms with Crippen LogP contribution in [0.1, 0.15) is 38.1 Å². The molecule has 0 atom stereocenters. The van der Waals surface area contributed by atoms with Crippen LogP contribution in [0.25, 0.3) is 0 Å². The number of anilines is 1. The quantitative estimate of drug-likeness (QED) is 0.673. The van der Waals surface area contributed by atoms with Crippen LogP contribution in [0, 0.1) is 0 Å². The molecule has 0 bridgehead atoms. The zero-order valence-corrected chi connectivity index (χ0v) is 17.7. The minimum absolute atomic E-state index is 0.176. The molecule has 0 aliphatic rings. The highest BCUT2D eigenvalue weighted by molar-refractivity contribution is 7.92. The zero-order valence-electron chi connectivity index (χ0n) is 16.8. The monoisotopic (exact) mass is 403 g/mol. The molecule has 0 fully saturated rings. The Kier molecular flexibility index (Phi) is 7.60. The van der Waals surface area contributed by atoms with E-state index in [0.29, 0.717) is 29.9 Å². The fraction of sp³-hybridized carbons (Fsp3) is 0.381. The van der Waals surface area contributed by atoms with Crippen LogP contribution in [-0.2, 0) is 10.0 Å². The average Bonchev–Trinajstić information content (AvgIpc) is 2.65. The normalized spacial score (nSPS) is 11.8. The van der Waals surface area contributed by atoms with E-state index in [1.165, 1.54) is 12.1 Å². The molecule has 2 rings (SSSR count). The van der Waals surface area contributed by atoms with Crippen LogP contribution in [0.3, 0.4) is 0 Å². The van der Waals surface area contributed by atoms with E-state index in [9.17, 15) is 13.2 Å². The average molecular weight is 404 g/mol. The molecule has 2 aromatic rings. The first kappa shape index (κ1) is 21.9. The number of sulfonamides is 1. The lowest BCUT2D eigenvalue weighted by Gasteiger charge is -2.30. The van der Waals surface area contributed by atoms with Gasteiger partial charge in [0.25, 0.3) is 15.9 Å². The Morgan fingerprint density at radius 1 is 0.929 bits per heavy atom. The van der Waals surface area contributed by atoms with Crippen LogP contribution >= 0.6 is 0 Å². The number of rotatable bonds is 9. The van der Waals surface area contributed by atoms with Crippen molar-refractivity contribution in [2.24, 2.45) is 0 Å². The molecule has 0 aliphatic heterocycles. The van der Waals surface area contributed by atoms with E-state index in [1.54, 1.807) is 42.5 Å². The summed E-state index contributed by atoms with van der Waals surface area (Å²) in [6.07, 6.45) is 0. The van der Waals surface area contributed by atoms with E-state index in [2.05, 4.69) is 42.6 Å². The first-order chi connectivity index (χ1) is 13.2. The van der Waals surface area contributed by atoms with Crippen LogP contribution in [0.4, 0.5) is 5.69 Å². The fourth-order valence-electron chi connectivity index (χ4n) is 3.02. The van der Waals surface area contributed by atoms with Gasteiger partial charge in [0.2, 0.25) is 0 Å². The van der Waals surface area contributed by atoms with Gasteiger partial charge in [-0.25, -0.2) is 8.42 Å². The van der Waals surface area contributed by atoms with Gasteiger partial charge in [0, 0.05) is 36.4 Å². The summed E-state index contributed by atoms with van der Waals surface area (Å²) < 4.78 is 27.2. The molecule has 0 aromatic heterocycles. The van der Waals surface area contributed by atoms with Gasteiger partial charge in [0.1, 0.15) is 0 Å². The lowest BCUT2D eigenvalue weighted by Crippen LogP contribution is -2.42. The van der Waals surface area contributed by atoms with E-state index in [4.69, 9.17) is 0 Å².